The molecule has 1 heterocycles. The molecule has 18 heavy (non-hydrogen) atoms. The maximum Gasteiger partial charge on any atom is 0.260 e. The maximum atomic E-state index is 13.5. The molecule has 1 aromatic carbocycles. The molecule has 0 radical (unpaired) electrons. The van der Waals surface area contributed by atoms with Gasteiger partial charge in [0.25, 0.3) is 5.88 Å². The number of halogens is 1. The lowest BCUT2D eigenvalue weighted by atomic mass is 10.1. The van der Waals surface area contributed by atoms with Crippen LogP contribution >= 0.6 is 0 Å². The van der Waals surface area contributed by atoms with E-state index in [4.69, 9.17) is 4.74 Å². The highest BCUT2D eigenvalue weighted by molar-refractivity contribution is 5.36. The van der Waals surface area contributed by atoms with E-state index in [1.807, 2.05) is 32.0 Å². The minimum Gasteiger partial charge on any atom is -0.436 e. The Morgan fingerprint density at radius 1 is 1.17 bits per heavy atom. The van der Waals surface area contributed by atoms with E-state index in [1.165, 1.54) is 0 Å². The maximum absolute atomic E-state index is 13.5. The van der Waals surface area contributed by atoms with Gasteiger partial charge >= 0.3 is 0 Å². The molecule has 0 aliphatic heterocycles. The van der Waals surface area contributed by atoms with E-state index >= 15 is 0 Å². The Hall–Kier alpha value is -2.17. The molecule has 1 aromatic heterocycles. The van der Waals surface area contributed by atoms with E-state index in [9.17, 15) is 4.39 Å². The Balaban J connectivity index is 2.33. The Labute approximate surface area is 105 Å². The van der Waals surface area contributed by atoms with E-state index < -0.39 is 5.82 Å². The molecule has 0 unspecified atom stereocenters. The molecule has 0 spiro atoms. The van der Waals surface area contributed by atoms with Crippen LogP contribution in [0, 0.1) is 19.7 Å². The number of hydrogen-bond acceptors (Lipinski definition) is 4. The summed E-state index contributed by atoms with van der Waals surface area (Å²) in [6.45, 7) is 3.91. The minimum absolute atomic E-state index is 0.0839. The van der Waals surface area contributed by atoms with Gasteiger partial charge in [-0.3, -0.25) is 0 Å². The van der Waals surface area contributed by atoms with Gasteiger partial charge in [0.15, 0.2) is 0 Å². The Bertz CT molecular complexity index is 552. The zero-order valence-corrected chi connectivity index (χ0v) is 10.5. The van der Waals surface area contributed by atoms with Gasteiger partial charge < -0.3 is 10.1 Å². The van der Waals surface area contributed by atoms with Gasteiger partial charge in [0, 0.05) is 7.05 Å². The first-order valence-corrected chi connectivity index (χ1v) is 5.55. The molecular formula is C13H14FN3O. The summed E-state index contributed by atoms with van der Waals surface area (Å²) in [6, 6.07) is 5.67. The molecule has 94 valence electrons. The van der Waals surface area contributed by atoms with Gasteiger partial charge in [-0.05, 0) is 37.1 Å². The largest absolute Gasteiger partial charge is 0.436 e. The van der Waals surface area contributed by atoms with Gasteiger partial charge in [0.2, 0.25) is 11.8 Å². The van der Waals surface area contributed by atoms with Crippen LogP contribution in [0.25, 0.3) is 0 Å². The topological polar surface area (TPSA) is 47.0 Å². The third kappa shape index (κ3) is 2.74. The molecule has 0 bridgehead atoms. The van der Waals surface area contributed by atoms with Gasteiger partial charge in [-0.2, -0.15) is 9.37 Å². The van der Waals surface area contributed by atoms with E-state index in [0.717, 1.165) is 17.3 Å². The fourth-order valence-electron chi connectivity index (χ4n) is 1.65. The second-order valence-corrected chi connectivity index (χ2v) is 4.02. The summed E-state index contributed by atoms with van der Waals surface area (Å²) in [7, 11) is 1.66. The number of hydrogen-bond donors (Lipinski definition) is 1. The third-order valence-corrected chi connectivity index (χ3v) is 2.35. The molecule has 0 fully saturated rings. The van der Waals surface area contributed by atoms with Crippen molar-refractivity contribution in [1.29, 1.82) is 0 Å². The summed E-state index contributed by atoms with van der Waals surface area (Å²) in [5.41, 5.74) is 2.10. The summed E-state index contributed by atoms with van der Waals surface area (Å²) in [4.78, 5) is 7.68. The van der Waals surface area contributed by atoms with Crippen molar-refractivity contribution in [2.45, 2.75) is 13.8 Å². The molecule has 2 aromatic rings. The first kappa shape index (κ1) is 12.3. The van der Waals surface area contributed by atoms with Crippen LogP contribution < -0.4 is 10.1 Å². The van der Waals surface area contributed by atoms with Crippen LogP contribution in [0.15, 0.2) is 24.4 Å². The van der Waals surface area contributed by atoms with Crippen LogP contribution in [-0.2, 0) is 0 Å². The van der Waals surface area contributed by atoms with Gasteiger partial charge in [0.1, 0.15) is 5.75 Å². The summed E-state index contributed by atoms with van der Waals surface area (Å²) in [6.07, 6.45) is 1.08. The average molecular weight is 247 g/mol. The van der Waals surface area contributed by atoms with Gasteiger partial charge in [-0.1, -0.05) is 6.07 Å². The van der Waals surface area contributed by atoms with E-state index in [2.05, 4.69) is 15.3 Å². The molecule has 2 rings (SSSR count). The summed E-state index contributed by atoms with van der Waals surface area (Å²) in [5, 5.41) is 2.73. The van der Waals surface area contributed by atoms with Crippen LogP contribution in [0.4, 0.5) is 10.3 Å². The first-order valence-electron chi connectivity index (χ1n) is 5.55. The van der Waals surface area contributed by atoms with E-state index in [0.29, 0.717) is 11.7 Å². The van der Waals surface area contributed by atoms with Crippen LogP contribution in [0.5, 0.6) is 11.6 Å². The zero-order valence-electron chi connectivity index (χ0n) is 10.5. The van der Waals surface area contributed by atoms with Crippen molar-refractivity contribution in [2.75, 3.05) is 12.4 Å². The molecule has 0 atom stereocenters. The van der Waals surface area contributed by atoms with Crippen molar-refractivity contribution in [3.8, 4) is 11.6 Å². The summed E-state index contributed by atoms with van der Waals surface area (Å²) in [5.74, 6) is 0.204. The van der Waals surface area contributed by atoms with Crippen LogP contribution in [0.3, 0.4) is 0 Å². The van der Waals surface area contributed by atoms with Crippen molar-refractivity contribution < 1.29 is 9.13 Å². The lowest BCUT2D eigenvalue weighted by Crippen LogP contribution is -2.00. The normalized spacial score (nSPS) is 10.2. The van der Waals surface area contributed by atoms with Gasteiger partial charge in [-0.15, -0.1) is 0 Å². The number of nitrogens with one attached hydrogen (secondary N) is 1. The molecule has 0 aliphatic rings. The summed E-state index contributed by atoms with van der Waals surface area (Å²) >= 11 is 0. The number of benzene rings is 1. The zero-order chi connectivity index (χ0) is 13.1. The van der Waals surface area contributed by atoms with Crippen molar-refractivity contribution >= 4 is 5.95 Å². The van der Waals surface area contributed by atoms with Crippen LogP contribution in [0.1, 0.15) is 11.1 Å². The molecule has 1 N–H and O–H groups in total. The van der Waals surface area contributed by atoms with Gasteiger partial charge in [-0.25, -0.2) is 4.98 Å². The number of rotatable bonds is 3. The SMILES string of the molecule is CNc1ncc(F)c(Oc2cc(C)cc(C)c2)n1. The van der Waals surface area contributed by atoms with Crippen LogP contribution in [-0.4, -0.2) is 17.0 Å². The molecule has 0 aliphatic carbocycles. The number of ether oxygens (including phenoxy) is 1. The van der Waals surface area contributed by atoms with E-state index in [1.54, 1.807) is 7.05 Å². The van der Waals surface area contributed by atoms with Crippen molar-refractivity contribution in [1.82, 2.24) is 9.97 Å². The second-order valence-electron chi connectivity index (χ2n) is 4.02. The molecule has 0 saturated heterocycles. The Kier molecular flexibility index (Phi) is 3.41. The highest BCUT2D eigenvalue weighted by Gasteiger charge is 2.09. The number of aryl methyl sites for hydroxylation is 2. The number of nitrogens with zero attached hydrogens (tertiary/aromatic N) is 2. The Morgan fingerprint density at radius 3 is 2.44 bits per heavy atom. The lowest BCUT2D eigenvalue weighted by molar-refractivity contribution is 0.420. The second kappa shape index (κ2) is 5.00. The monoisotopic (exact) mass is 247 g/mol. The average Bonchev–Trinajstić information content (AvgIpc) is 2.30. The molecular weight excluding hydrogens is 233 g/mol. The number of aromatic nitrogens is 2. The minimum atomic E-state index is -0.590. The quantitative estimate of drug-likeness (QED) is 0.905. The fraction of sp³-hybridized carbons (Fsp3) is 0.231. The van der Waals surface area contributed by atoms with Crippen molar-refractivity contribution in [3.63, 3.8) is 0 Å². The van der Waals surface area contributed by atoms with Crippen molar-refractivity contribution in [2.24, 2.45) is 0 Å². The third-order valence-electron chi connectivity index (χ3n) is 2.35. The predicted molar refractivity (Wildman–Crippen MR) is 67.5 cm³/mol. The fourth-order valence-corrected chi connectivity index (χ4v) is 1.65. The number of anilines is 1. The molecule has 0 amide bonds. The smallest absolute Gasteiger partial charge is 0.260 e. The highest BCUT2D eigenvalue weighted by atomic mass is 19.1. The summed E-state index contributed by atoms with van der Waals surface area (Å²) < 4.78 is 19.0. The predicted octanol–water partition coefficient (Wildman–Crippen LogP) is 3.07. The molecule has 0 saturated carbocycles. The highest BCUT2D eigenvalue weighted by Crippen LogP contribution is 2.24. The van der Waals surface area contributed by atoms with Crippen molar-refractivity contribution in [3.05, 3.63) is 41.3 Å². The molecule has 4 nitrogen and oxygen atoms in total. The van der Waals surface area contributed by atoms with E-state index in [-0.39, 0.29) is 5.88 Å². The van der Waals surface area contributed by atoms with Crippen LogP contribution in [0.2, 0.25) is 0 Å². The first-order chi connectivity index (χ1) is 8.58. The lowest BCUT2D eigenvalue weighted by Gasteiger charge is -2.08. The Morgan fingerprint density at radius 2 is 1.83 bits per heavy atom. The standard InChI is InChI=1S/C13H14FN3O/c1-8-4-9(2)6-10(5-8)18-12-11(14)7-16-13(15-3)17-12/h4-7H,1-3H3,(H,15,16,17). The molecule has 5 heteroatoms. The van der Waals surface area contributed by atoms with Gasteiger partial charge in [0.05, 0.1) is 6.20 Å².